The summed E-state index contributed by atoms with van der Waals surface area (Å²) in [6.45, 7) is 1.95. The molecule has 0 aliphatic heterocycles. The van der Waals surface area contributed by atoms with Crippen LogP contribution >= 0.6 is 0 Å². The minimum Gasteiger partial charge on any atom is -0.504 e. The van der Waals surface area contributed by atoms with Gasteiger partial charge in [-0.05, 0) is 6.42 Å². The second kappa shape index (κ2) is 1.86. The number of aryl methyl sites for hydroxylation is 1. The standard InChI is InChI=1S/C5H8N2O/c1-2-4-5(8)3-6-7-4/h3,8H,2H2,1H3,(H,6,7). The van der Waals surface area contributed by atoms with Crippen molar-refractivity contribution in [2.24, 2.45) is 0 Å². The fraction of sp³-hybridized carbons (Fsp3) is 0.400. The van der Waals surface area contributed by atoms with Gasteiger partial charge in [-0.15, -0.1) is 0 Å². The van der Waals surface area contributed by atoms with Crippen LogP contribution in [0, 0.1) is 0 Å². The first-order valence-electron chi connectivity index (χ1n) is 2.55. The van der Waals surface area contributed by atoms with Crippen molar-refractivity contribution in [3.8, 4) is 5.75 Å². The smallest absolute Gasteiger partial charge is 0.156 e. The van der Waals surface area contributed by atoms with Crippen LogP contribution in [0.15, 0.2) is 6.20 Å². The van der Waals surface area contributed by atoms with E-state index in [1.54, 1.807) is 0 Å². The summed E-state index contributed by atoms with van der Waals surface area (Å²) in [4.78, 5) is 0. The highest BCUT2D eigenvalue weighted by Crippen LogP contribution is 2.10. The Labute approximate surface area is 47.4 Å². The van der Waals surface area contributed by atoms with E-state index >= 15 is 0 Å². The van der Waals surface area contributed by atoms with Gasteiger partial charge in [0.25, 0.3) is 0 Å². The Hall–Kier alpha value is -0.990. The quantitative estimate of drug-likeness (QED) is 0.561. The molecule has 0 spiro atoms. The third kappa shape index (κ3) is 0.665. The van der Waals surface area contributed by atoms with Crippen LogP contribution in [0.25, 0.3) is 0 Å². The largest absolute Gasteiger partial charge is 0.504 e. The molecule has 2 N–H and O–H groups in total. The van der Waals surface area contributed by atoms with Gasteiger partial charge in [0.05, 0.1) is 11.9 Å². The van der Waals surface area contributed by atoms with E-state index in [1.165, 1.54) is 6.20 Å². The fourth-order valence-electron chi connectivity index (χ4n) is 0.567. The van der Waals surface area contributed by atoms with Crippen molar-refractivity contribution in [1.29, 1.82) is 0 Å². The van der Waals surface area contributed by atoms with Gasteiger partial charge < -0.3 is 5.11 Å². The van der Waals surface area contributed by atoms with Crippen LogP contribution in [-0.2, 0) is 6.42 Å². The van der Waals surface area contributed by atoms with Crippen molar-refractivity contribution in [1.82, 2.24) is 10.2 Å². The first-order valence-corrected chi connectivity index (χ1v) is 2.55. The van der Waals surface area contributed by atoms with Crippen molar-refractivity contribution in [3.05, 3.63) is 11.9 Å². The zero-order valence-electron chi connectivity index (χ0n) is 4.68. The summed E-state index contributed by atoms with van der Waals surface area (Å²) >= 11 is 0. The van der Waals surface area contributed by atoms with E-state index in [0.717, 1.165) is 12.1 Å². The van der Waals surface area contributed by atoms with E-state index in [0.29, 0.717) is 0 Å². The van der Waals surface area contributed by atoms with Crippen LogP contribution in [0.3, 0.4) is 0 Å². The molecule has 0 aromatic carbocycles. The van der Waals surface area contributed by atoms with E-state index in [1.807, 2.05) is 6.92 Å². The summed E-state index contributed by atoms with van der Waals surface area (Å²) in [5, 5.41) is 15.1. The zero-order chi connectivity index (χ0) is 5.98. The van der Waals surface area contributed by atoms with E-state index in [2.05, 4.69) is 10.2 Å². The number of aromatic hydroxyl groups is 1. The Bertz CT molecular complexity index is 171. The predicted octanol–water partition coefficient (Wildman–Crippen LogP) is 0.678. The molecule has 0 fully saturated rings. The fourth-order valence-corrected chi connectivity index (χ4v) is 0.567. The van der Waals surface area contributed by atoms with E-state index < -0.39 is 0 Å². The van der Waals surface area contributed by atoms with E-state index in [-0.39, 0.29) is 5.75 Å². The molecule has 0 aliphatic carbocycles. The summed E-state index contributed by atoms with van der Waals surface area (Å²) in [6, 6.07) is 0. The second-order valence-corrected chi connectivity index (χ2v) is 1.59. The Morgan fingerprint density at radius 1 is 1.88 bits per heavy atom. The summed E-state index contributed by atoms with van der Waals surface area (Å²) < 4.78 is 0. The van der Waals surface area contributed by atoms with Gasteiger partial charge in [-0.25, -0.2) is 0 Å². The summed E-state index contributed by atoms with van der Waals surface area (Å²) in [7, 11) is 0. The minimum absolute atomic E-state index is 0.257. The molecule has 1 aromatic rings. The Balaban J connectivity index is 2.92. The average Bonchev–Trinajstić information content (AvgIpc) is 2.14. The second-order valence-electron chi connectivity index (χ2n) is 1.59. The summed E-state index contributed by atoms with van der Waals surface area (Å²) in [5.41, 5.74) is 0.796. The highest BCUT2D eigenvalue weighted by atomic mass is 16.3. The lowest BCUT2D eigenvalue weighted by Crippen LogP contribution is -1.77. The predicted molar refractivity (Wildman–Crippen MR) is 29.6 cm³/mol. The minimum atomic E-state index is 0.257. The molecule has 0 atom stereocenters. The lowest BCUT2D eigenvalue weighted by molar-refractivity contribution is 0.469. The molecule has 0 saturated carbocycles. The molecule has 3 nitrogen and oxygen atoms in total. The molecule has 0 aliphatic rings. The van der Waals surface area contributed by atoms with Crippen molar-refractivity contribution in [2.45, 2.75) is 13.3 Å². The number of nitrogens with one attached hydrogen (secondary N) is 1. The first kappa shape index (κ1) is 5.15. The Kier molecular flexibility index (Phi) is 1.20. The van der Waals surface area contributed by atoms with Gasteiger partial charge in [0.2, 0.25) is 0 Å². The van der Waals surface area contributed by atoms with E-state index in [9.17, 15) is 0 Å². The maximum absolute atomic E-state index is 8.86. The molecule has 44 valence electrons. The lowest BCUT2D eigenvalue weighted by atomic mass is 10.3. The van der Waals surface area contributed by atoms with Crippen LogP contribution in [0.5, 0.6) is 5.75 Å². The number of aromatic amines is 1. The first-order chi connectivity index (χ1) is 3.84. The zero-order valence-corrected chi connectivity index (χ0v) is 4.68. The number of nitrogens with zero attached hydrogens (tertiary/aromatic N) is 1. The SMILES string of the molecule is CCc1[nH]ncc1O. The number of hydrogen-bond acceptors (Lipinski definition) is 2. The third-order valence-electron chi connectivity index (χ3n) is 1.05. The maximum Gasteiger partial charge on any atom is 0.156 e. The number of rotatable bonds is 1. The highest BCUT2D eigenvalue weighted by molar-refractivity contribution is 5.20. The number of hydrogen-bond donors (Lipinski definition) is 2. The highest BCUT2D eigenvalue weighted by Gasteiger charge is 1.96. The maximum atomic E-state index is 8.86. The lowest BCUT2D eigenvalue weighted by Gasteiger charge is -1.86. The molecule has 8 heavy (non-hydrogen) atoms. The molecule has 0 saturated heterocycles. The van der Waals surface area contributed by atoms with Gasteiger partial charge in [-0.1, -0.05) is 6.92 Å². The molecule has 3 heteroatoms. The molecular formula is C5H8N2O. The molecule has 1 aromatic heterocycles. The van der Waals surface area contributed by atoms with Crippen molar-refractivity contribution in [2.75, 3.05) is 0 Å². The normalized spacial score (nSPS) is 9.62. The van der Waals surface area contributed by atoms with Crippen LogP contribution < -0.4 is 0 Å². The number of H-pyrrole nitrogens is 1. The molecule has 0 bridgehead atoms. The Morgan fingerprint density at radius 3 is 2.88 bits per heavy atom. The van der Waals surface area contributed by atoms with E-state index in [4.69, 9.17) is 5.11 Å². The number of aromatic nitrogens is 2. The van der Waals surface area contributed by atoms with Crippen molar-refractivity contribution < 1.29 is 5.11 Å². The molecular weight excluding hydrogens is 104 g/mol. The summed E-state index contributed by atoms with van der Waals surface area (Å²) in [6.07, 6.45) is 2.20. The molecule has 0 amide bonds. The summed E-state index contributed by atoms with van der Waals surface area (Å²) in [5.74, 6) is 0.257. The van der Waals surface area contributed by atoms with Crippen LogP contribution in [-0.4, -0.2) is 15.3 Å². The topological polar surface area (TPSA) is 48.9 Å². The monoisotopic (exact) mass is 112 g/mol. The molecule has 1 rings (SSSR count). The molecule has 0 radical (unpaired) electrons. The van der Waals surface area contributed by atoms with Crippen LogP contribution in [0.2, 0.25) is 0 Å². The molecule has 0 unspecified atom stereocenters. The molecule has 1 heterocycles. The Morgan fingerprint density at radius 2 is 2.62 bits per heavy atom. The van der Waals surface area contributed by atoms with Gasteiger partial charge in [-0.2, -0.15) is 5.10 Å². The average molecular weight is 112 g/mol. The third-order valence-corrected chi connectivity index (χ3v) is 1.05. The van der Waals surface area contributed by atoms with Crippen molar-refractivity contribution in [3.63, 3.8) is 0 Å². The van der Waals surface area contributed by atoms with Crippen molar-refractivity contribution >= 4 is 0 Å². The van der Waals surface area contributed by atoms with Gasteiger partial charge in [0, 0.05) is 0 Å². The van der Waals surface area contributed by atoms with Crippen LogP contribution in [0.4, 0.5) is 0 Å². The van der Waals surface area contributed by atoms with Gasteiger partial charge in [0.15, 0.2) is 5.75 Å². The van der Waals surface area contributed by atoms with Gasteiger partial charge >= 0.3 is 0 Å². The van der Waals surface area contributed by atoms with Gasteiger partial charge in [-0.3, -0.25) is 5.10 Å². The van der Waals surface area contributed by atoms with Gasteiger partial charge in [0.1, 0.15) is 0 Å². The van der Waals surface area contributed by atoms with Crippen LogP contribution in [0.1, 0.15) is 12.6 Å².